The molecule has 108 valence electrons. The van der Waals surface area contributed by atoms with Crippen LogP contribution in [0.25, 0.3) is 0 Å². The van der Waals surface area contributed by atoms with Gasteiger partial charge in [-0.15, -0.1) is 0 Å². The largest absolute Gasteiger partial charge is 0.495 e. The molecule has 2 atom stereocenters. The van der Waals surface area contributed by atoms with E-state index in [1.165, 1.54) is 0 Å². The second kappa shape index (κ2) is 6.90. The Kier molecular flexibility index (Phi) is 5.80. The lowest BCUT2D eigenvalue weighted by Gasteiger charge is -2.31. The Morgan fingerprint density at radius 1 is 1.37 bits per heavy atom. The fourth-order valence-electron chi connectivity index (χ4n) is 2.08. The van der Waals surface area contributed by atoms with Gasteiger partial charge >= 0.3 is 0 Å². The number of nitrogens with zero attached hydrogens (tertiary/aromatic N) is 1. The number of ether oxygens (including phenoxy) is 1. The van der Waals surface area contributed by atoms with Crippen LogP contribution in [0.2, 0.25) is 0 Å². The molecular formula is C16H28N2O. The summed E-state index contributed by atoms with van der Waals surface area (Å²) in [4.78, 5) is 4.52. The van der Waals surface area contributed by atoms with Crippen molar-refractivity contribution in [3.8, 4) is 5.75 Å². The molecule has 0 fully saturated rings. The zero-order chi connectivity index (χ0) is 14.5. The molecule has 1 N–H and O–H groups in total. The molecule has 0 saturated carbocycles. The summed E-state index contributed by atoms with van der Waals surface area (Å²) in [5, 5.41) is 3.53. The molecule has 0 spiro atoms. The fourth-order valence-corrected chi connectivity index (χ4v) is 2.08. The van der Waals surface area contributed by atoms with Crippen molar-refractivity contribution < 1.29 is 4.74 Å². The summed E-state index contributed by atoms with van der Waals surface area (Å²) in [6.07, 6.45) is 2.90. The highest BCUT2D eigenvalue weighted by Gasteiger charge is 2.26. The zero-order valence-electron chi connectivity index (χ0n) is 13.2. The minimum Gasteiger partial charge on any atom is -0.495 e. The third kappa shape index (κ3) is 4.50. The second-order valence-corrected chi connectivity index (χ2v) is 6.20. The highest BCUT2D eigenvalue weighted by Crippen LogP contribution is 2.34. The predicted octanol–water partition coefficient (Wildman–Crippen LogP) is 3.81. The maximum atomic E-state index is 5.44. The number of pyridine rings is 1. The summed E-state index contributed by atoms with van der Waals surface area (Å²) in [5.41, 5.74) is 1.32. The Bertz CT molecular complexity index is 385. The molecule has 1 aromatic rings. The van der Waals surface area contributed by atoms with Crippen LogP contribution in [0, 0.1) is 11.3 Å². The van der Waals surface area contributed by atoms with Gasteiger partial charge in [-0.3, -0.25) is 4.98 Å². The van der Waals surface area contributed by atoms with Gasteiger partial charge in [-0.2, -0.15) is 0 Å². The van der Waals surface area contributed by atoms with Crippen LogP contribution < -0.4 is 10.1 Å². The van der Waals surface area contributed by atoms with Crippen LogP contribution in [0.4, 0.5) is 0 Å². The number of rotatable bonds is 6. The van der Waals surface area contributed by atoms with Gasteiger partial charge in [0.25, 0.3) is 0 Å². The quantitative estimate of drug-likeness (QED) is 0.848. The number of nitrogens with one attached hydrogen (secondary N) is 1. The normalized spacial score (nSPS) is 15.1. The number of aromatic nitrogens is 1. The van der Waals surface area contributed by atoms with Gasteiger partial charge in [-0.1, -0.05) is 34.6 Å². The van der Waals surface area contributed by atoms with Gasteiger partial charge in [0.1, 0.15) is 5.75 Å². The van der Waals surface area contributed by atoms with E-state index in [1.807, 2.05) is 18.3 Å². The summed E-state index contributed by atoms with van der Waals surface area (Å²) in [6.45, 7) is 12.2. The minimum absolute atomic E-state index is 0.246. The van der Waals surface area contributed by atoms with Crippen molar-refractivity contribution in [3.05, 3.63) is 24.0 Å². The van der Waals surface area contributed by atoms with Crippen molar-refractivity contribution in [3.63, 3.8) is 0 Å². The van der Waals surface area contributed by atoms with E-state index in [1.54, 1.807) is 7.11 Å². The number of methoxy groups -OCH3 is 1. The maximum absolute atomic E-state index is 5.44. The van der Waals surface area contributed by atoms with E-state index >= 15 is 0 Å². The summed E-state index contributed by atoms with van der Waals surface area (Å²) < 4.78 is 5.44. The third-order valence-corrected chi connectivity index (χ3v) is 3.87. The zero-order valence-corrected chi connectivity index (χ0v) is 13.2. The first-order valence-corrected chi connectivity index (χ1v) is 7.12. The first-order valence-electron chi connectivity index (χ1n) is 7.12. The fraction of sp³-hybridized carbons (Fsp3) is 0.688. The lowest BCUT2D eigenvalue weighted by molar-refractivity contribution is 0.221. The molecule has 3 heteroatoms. The molecule has 0 aliphatic carbocycles. The standard InChI is InChI=1S/C16H28N2O/c1-7-17-13(11-12(2)16(3,4)5)15-14(19-6)9-8-10-18-15/h8-10,12-13,17H,7,11H2,1-6H3. The molecule has 3 nitrogen and oxygen atoms in total. The minimum atomic E-state index is 0.246. The first kappa shape index (κ1) is 16.0. The Labute approximate surface area is 117 Å². The Morgan fingerprint density at radius 3 is 2.58 bits per heavy atom. The third-order valence-electron chi connectivity index (χ3n) is 3.87. The molecule has 0 saturated heterocycles. The van der Waals surface area contributed by atoms with Gasteiger partial charge in [0.15, 0.2) is 0 Å². The first-order chi connectivity index (χ1) is 8.90. The van der Waals surface area contributed by atoms with Crippen molar-refractivity contribution >= 4 is 0 Å². The lowest BCUT2D eigenvalue weighted by atomic mass is 9.78. The van der Waals surface area contributed by atoms with Crippen LogP contribution in [0.1, 0.15) is 52.8 Å². The highest BCUT2D eigenvalue weighted by atomic mass is 16.5. The van der Waals surface area contributed by atoms with Gasteiger partial charge in [0, 0.05) is 6.20 Å². The van der Waals surface area contributed by atoms with Crippen LogP contribution in [-0.2, 0) is 0 Å². The Morgan fingerprint density at radius 2 is 2.05 bits per heavy atom. The van der Waals surface area contributed by atoms with Crippen LogP contribution in [0.15, 0.2) is 18.3 Å². The van der Waals surface area contributed by atoms with Crippen molar-refractivity contribution in [2.45, 2.75) is 47.1 Å². The van der Waals surface area contributed by atoms with Crippen molar-refractivity contribution in [1.29, 1.82) is 0 Å². The average Bonchev–Trinajstić information content (AvgIpc) is 2.37. The average molecular weight is 264 g/mol. The maximum Gasteiger partial charge on any atom is 0.141 e. The van der Waals surface area contributed by atoms with Gasteiger partial charge in [0.05, 0.1) is 18.8 Å². The SMILES string of the molecule is CCNC(CC(C)C(C)(C)C)c1ncccc1OC. The monoisotopic (exact) mass is 264 g/mol. The molecule has 0 radical (unpaired) electrons. The summed E-state index contributed by atoms with van der Waals surface area (Å²) in [6, 6.07) is 4.14. The topological polar surface area (TPSA) is 34.2 Å². The van der Waals surface area contributed by atoms with Crippen molar-refractivity contribution in [2.75, 3.05) is 13.7 Å². The van der Waals surface area contributed by atoms with E-state index in [0.29, 0.717) is 11.3 Å². The molecular weight excluding hydrogens is 236 g/mol. The summed E-state index contributed by atoms with van der Waals surface area (Å²) in [7, 11) is 1.71. The Hall–Kier alpha value is -1.09. The second-order valence-electron chi connectivity index (χ2n) is 6.20. The van der Waals surface area contributed by atoms with Crippen LogP contribution in [-0.4, -0.2) is 18.6 Å². The van der Waals surface area contributed by atoms with E-state index in [4.69, 9.17) is 4.74 Å². The van der Waals surface area contributed by atoms with Gasteiger partial charge < -0.3 is 10.1 Å². The van der Waals surface area contributed by atoms with E-state index in [-0.39, 0.29) is 6.04 Å². The number of hydrogen-bond donors (Lipinski definition) is 1. The smallest absolute Gasteiger partial charge is 0.141 e. The molecule has 1 aromatic heterocycles. The molecule has 0 aromatic carbocycles. The molecule has 0 amide bonds. The molecule has 0 bridgehead atoms. The van der Waals surface area contributed by atoms with Crippen LogP contribution in [0.5, 0.6) is 5.75 Å². The van der Waals surface area contributed by atoms with Crippen LogP contribution in [0.3, 0.4) is 0 Å². The number of hydrogen-bond acceptors (Lipinski definition) is 3. The van der Waals surface area contributed by atoms with Gasteiger partial charge in [0.2, 0.25) is 0 Å². The van der Waals surface area contributed by atoms with Crippen LogP contribution >= 0.6 is 0 Å². The molecule has 0 aliphatic heterocycles. The molecule has 1 rings (SSSR count). The molecule has 0 aliphatic rings. The van der Waals surface area contributed by atoms with E-state index in [2.05, 4.69) is 44.9 Å². The molecule has 19 heavy (non-hydrogen) atoms. The van der Waals surface area contributed by atoms with Gasteiger partial charge in [-0.05, 0) is 36.4 Å². The lowest BCUT2D eigenvalue weighted by Crippen LogP contribution is -2.28. The van der Waals surface area contributed by atoms with E-state index < -0.39 is 0 Å². The van der Waals surface area contributed by atoms with E-state index in [9.17, 15) is 0 Å². The summed E-state index contributed by atoms with van der Waals surface area (Å²) >= 11 is 0. The van der Waals surface area contributed by atoms with Gasteiger partial charge in [-0.25, -0.2) is 0 Å². The molecule has 2 unspecified atom stereocenters. The highest BCUT2D eigenvalue weighted by molar-refractivity contribution is 5.29. The van der Waals surface area contributed by atoms with Crippen molar-refractivity contribution in [1.82, 2.24) is 10.3 Å². The van der Waals surface area contributed by atoms with Crippen molar-refractivity contribution in [2.24, 2.45) is 11.3 Å². The Balaban J connectivity index is 2.94. The predicted molar refractivity (Wildman–Crippen MR) is 80.4 cm³/mol. The van der Waals surface area contributed by atoms with E-state index in [0.717, 1.165) is 24.4 Å². The summed E-state index contributed by atoms with van der Waals surface area (Å²) in [5.74, 6) is 1.47. The molecule has 1 heterocycles.